The summed E-state index contributed by atoms with van der Waals surface area (Å²) in [6, 6.07) is 16.0. The zero-order valence-electron chi connectivity index (χ0n) is 17.2. The van der Waals surface area contributed by atoms with Crippen LogP contribution in [0.3, 0.4) is 0 Å². The van der Waals surface area contributed by atoms with Crippen LogP contribution in [0.25, 0.3) is 0 Å². The van der Waals surface area contributed by atoms with E-state index in [0.717, 1.165) is 11.3 Å². The Bertz CT molecular complexity index is 1110. The summed E-state index contributed by atoms with van der Waals surface area (Å²) in [5.74, 6) is -0.880. The summed E-state index contributed by atoms with van der Waals surface area (Å²) in [4.78, 5) is 38.8. The molecule has 3 aromatic rings. The molecule has 0 aliphatic carbocycles. The van der Waals surface area contributed by atoms with Crippen molar-refractivity contribution in [1.29, 1.82) is 0 Å². The SMILES string of the molecule is O=C(Cn1cccn1)Nc1cccc(CNC(=O)C2CC(=O)N(c3ccc(Cl)cc3)C2)c1. The van der Waals surface area contributed by atoms with Crippen molar-refractivity contribution < 1.29 is 14.4 Å². The molecule has 1 aliphatic heterocycles. The molecule has 0 spiro atoms. The lowest BCUT2D eigenvalue weighted by Gasteiger charge is -2.17. The number of aromatic nitrogens is 2. The van der Waals surface area contributed by atoms with Crippen LogP contribution >= 0.6 is 11.6 Å². The molecule has 1 atom stereocenters. The number of nitrogens with zero attached hydrogens (tertiary/aromatic N) is 3. The van der Waals surface area contributed by atoms with Gasteiger partial charge in [-0.05, 0) is 48.0 Å². The zero-order chi connectivity index (χ0) is 22.5. The molecule has 4 rings (SSSR count). The van der Waals surface area contributed by atoms with Gasteiger partial charge in [-0.1, -0.05) is 23.7 Å². The van der Waals surface area contributed by atoms with E-state index in [1.54, 1.807) is 59.8 Å². The van der Waals surface area contributed by atoms with E-state index in [-0.39, 0.29) is 30.7 Å². The predicted octanol–water partition coefficient (Wildman–Crippen LogP) is 2.84. The Morgan fingerprint density at radius 3 is 2.69 bits per heavy atom. The Kier molecular flexibility index (Phi) is 6.51. The van der Waals surface area contributed by atoms with Crippen molar-refractivity contribution in [3.63, 3.8) is 0 Å². The average Bonchev–Trinajstić information content (AvgIpc) is 3.42. The van der Waals surface area contributed by atoms with E-state index < -0.39 is 5.92 Å². The second-order valence-corrected chi connectivity index (χ2v) is 7.99. The summed E-state index contributed by atoms with van der Waals surface area (Å²) >= 11 is 5.91. The highest BCUT2D eigenvalue weighted by Crippen LogP contribution is 2.26. The molecule has 2 heterocycles. The van der Waals surface area contributed by atoms with E-state index >= 15 is 0 Å². The number of benzene rings is 2. The number of rotatable bonds is 7. The molecule has 1 fully saturated rings. The summed E-state index contributed by atoms with van der Waals surface area (Å²) in [6.07, 6.45) is 3.49. The van der Waals surface area contributed by atoms with Gasteiger partial charge < -0.3 is 15.5 Å². The van der Waals surface area contributed by atoms with Crippen molar-refractivity contribution in [3.05, 3.63) is 77.6 Å². The van der Waals surface area contributed by atoms with Crippen LogP contribution in [0, 0.1) is 5.92 Å². The third-order valence-electron chi connectivity index (χ3n) is 5.18. The third kappa shape index (κ3) is 5.33. The highest BCUT2D eigenvalue weighted by Gasteiger charge is 2.34. The van der Waals surface area contributed by atoms with Gasteiger partial charge in [-0.3, -0.25) is 19.1 Å². The quantitative estimate of drug-likeness (QED) is 0.577. The van der Waals surface area contributed by atoms with E-state index in [1.165, 1.54) is 4.68 Å². The molecule has 8 nitrogen and oxygen atoms in total. The van der Waals surface area contributed by atoms with E-state index in [1.807, 2.05) is 12.1 Å². The van der Waals surface area contributed by atoms with Crippen molar-refractivity contribution in [2.75, 3.05) is 16.8 Å². The minimum absolute atomic E-state index is 0.0886. The Balaban J connectivity index is 1.30. The van der Waals surface area contributed by atoms with E-state index in [2.05, 4.69) is 15.7 Å². The number of hydrogen-bond donors (Lipinski definition) is 2. The van der Waals surface area contributed by atoms with Gasteiger partial charge in [-0.2, -0.15) is 5.10 Å². The molecule has 2 N–H and O–H groups in total. The van der Waals surface area contributed by atoms with E-state index in [0.29, 0.717) is 23.8 Å². The summed E-state index contributed by atoms with van der Waals surface area (Å²) < 4.78 is 1.54. The molecule has 3 amide bonds. The highest BCUT2D eigenvalue weighted by molar-refractivity contribution is 6.30. The van der Waals surface area contributed by atoms with Gasteiger partial charge in [0.15, 0.2) is 0 Å². The number of nitrogens with one attached hydrogen (secondary N) is 2. The fourth-order valence-corrected chi connectivity index (χ4v) is 3.71. The van der Waals surface area contributed by atoms with Crippen molar-refractivity contribution in [1.82, 2.24) is 15.1 Å². The van der Waals surface area contributed by atoms with Crippen LogP contribution in [0.2, 0.25) is 5.02 Å². The van der Waals surface area contributed by atoms with Gasteiger partial charge in [0.25, 0.3) is 0 Å². The van der Waals surface area contributed by atoms with Crippen LogP contribution in [0.4, 0.5) is 11.4 Å². The average molecular weight is 452 g/mol. The highest BCUT2D eigenvalue weighted by atomic mass is 35.5. The zero-order valence-corrected chi connectivity index (χ0v) is 18.0. The van der Waals surface area contributed by atoms with Crippen molar-refractivity contribution in [2.24, 2.45) is 5.92 Å². The molecule has 32 heavy (non-hydrogen) atoms. The summed E-state index contributed by atoms with van der Waals surface area (Å²) in [7, 11) is 0. The Morgan fingerprint density at radius 1 is 1.12 bits per heavy atom. The first kappa shape index (κ1) is 21.6. The number of amides is 3. The summed E-state index contributed by atoms with van der Waals surface area (Å²) in [5, 5.41) is 10.3. The van der Waals surface area contributed by atoms with E-state index in [9.17, 15) is 14.4 Å². The number of carbonyl (C=O) groups is 3. The molecular formula is C23H22ClN5O3. The molecule has 1 aromatic heterocycles. The largest absolute Gasteiger partial charge is 0.352 e. The first-order valence-corrected chi connectivity index (χ1v) is 10.6. The lowest BCUT2D eigenvalue weighted by atomic mass is 10.1. The minimum Gasteiger partial charge on any atom is -0.352 e. The van der Waals surface area contributed by atoms with Crippen LogP contribution < -0.4 is 15.5 Å². The van der Waals surface area contributed by atoms with Crippen LogP contribution in [-0.2, 0) is 27.5 Å². The molecule has 1 unspecified atom stereocenters. The molecule has 0 bridgehead atoms. The summed E-state index contributed by atoms with van der Waals surface area (Å²) in [5.41, 5.74) is 2.21. The van der Waals surface area contributed by atoms with Crippen LogP contribution in [0.15, 0.2) is 67.0 Å². The first-order valence-electron chi connectivity index (χ1n) is 10.2. The Morgan fingerprint density at radius 2 is 1.94 bits per heavy atom. The fourth-order valence-electron chi connectivity index (χ4n) is 3.59. The number of hydrogen-bond acceptors (Lipinski definition) is 4. The van der Waals surface area contributed by atoms with Crippen LogP contribution in [0.1, 0.15) is 12.0 Å². The molecule has 2 aromatic carbocycles. The first-order chi connectivity index (χ1) is 15.5. The predicted molar refractivity (Wildman–Crippen MR) is 121 cm³/mol. The number of carbonyl (C=O) groups excluding carboxylic acids is 3. The van der Waals surface area contributed by atoms with Crippen LogP contribution in [0.5, 0.6) is 0 Å². The molecule has 0 saturated carbocycles. The smallest absolute Gasteiger partial charge is 0.246 e. The molecular weight excluding hydrogens is 430 g/mol. The Labute approximate surface area is 190 Å². The number of anilines is 2. The number of halogens is 1. The lowest BCUT2D eigenvalue weighted by Crippen LogP contribution is -2.32. The van der Waals surface area contributed by atoms with Gasteiger partial charge in [-0.25, -0.2) is 0 Å². The van der Waals surface area contributed by atoms with E-state index in [4.69, 9.17) is 11.6 Å². The van der Waals surface area contributed by atoms with Crippen molar-refractivity contribution in [3.8, 4) is 0 Å². The van der Waals surface area contributed by atoms with Gasteiger partial charge in [0, 0.05) is 48.3 Å². The monoisotopic (exact) mass is 451 g/mol. The van der Waals surface area contributed by atoms with Crippen LogP contribution in [-0.4, -0.2) is 34.0 Å². The maximum Gasteiger partial charge on any atom is 0.246 e. The lowest BCUT2D eigenvalue weighted by molar-refractivity contribution is -0.126. The van der Waals surface area contributed by atoms with Gasteiger partial charge in [0.2, 0.25) is 17.7 Å². The molecule has 1 aliphatic rings. The Hall–Kier alpha value is -3.65. The third-order valence-corrected chi connectivity index (χ3v) is 5.43. The second kappa shape index (κ2) is 9.65. The summed E-state index contributed by atoms with van der Waals surface area (Å²) in [6.45, 7) is 0.747. The maximum atomic E-state index is 12.6. The molecule has 0 radical (unpaired) electrons. The van der Waals surface area contributed by atoms with Crippen molar-refractivity contribution >= 4 is 40.7 Å². The fraction of sp³-hybridized carbons (Fsp3) is 0.217. The normalized spacial score (nSPS) is 15.6. The van der Waals surface area contributed by atoms with Gasteiger partial charge >= 0.3 is 0 Å². The minimum atomic E-state index is -0.421. The molecule has 164 valence electrons. The maximum absolute atomic E-state index is 12.6. The molecule has 1 saturated heterocycles. The van der Waals surface area contributed by atoms with Gasteiger partial charge in [-0.15, -0.1) is 0 Å². The van der Waals surface area contributed by atoms with Gasteiger partial charge in [0.1, 0.15) is 6.54 Å². The standard InChI is InChI=1S/C23H22ClN5O3/c24-18-5-7-20(8-6-18)29-14-17(12-22(29)31)23(32)25-13-16-3-1-4-19(11-16)27-21(30)15-28-10-2-9-26-28/h1-11,17H,12-15H2,(H,25,32)(H,27,30). The molecule has 9 heteroatoms. The topological polar surface area (TPSA) is 96.3 Å². The van der Waals surface area contributed by atoms with Gasteiger partial charge in [0.05, 0.1) is 5.92 Å². The second-order valence-electron chi connectivity index (χ2n) is 7.55. The van der Waals surface area contributed by atoms with Crippen molar-refractivity contribution in [2.45, 2.75) is 19.5 Å².